The zero-order valence-electron chi connectivity index (χ0n) is 17.0. The lowest BCUT2D eigenvalue weighted by Crippen LogP contribution is -2.33. The Morgan fingerprint density at radius 2 is 1.74 bits per heavy atom. The van der Waals surface area contributed by atoms with Gasteiger partial charge in [0, 0.05) is 11.6 Å². The van der Waals surface area contributed by atoms with Crippen LogP contribution >= 0.6 is 0 Å². The predicted molar refractivity (Wildman–Crippen MR) is 120 cm³/mol. The first-order valence-electron chi connectivity index (χ1n) is 9.86. The molecule has 0 aliphatic rings. The van der Waals surface area contributed by atoms with E-state index in [9.17, 15) is 9.59 Å². The third-order valence-electron chi connectivity index (χ3n) is 4.92. The van der Waals surface area contributed by atoms with Crippen molar-refractivity contribution in [1.82, 2.24) is 15.5 Å². The number of anilines is 1. The molecule has 31 heavy (non-hydrogen) atoms. The molecule has 1 aromatic heterocycles. The standard InChI is InChI=1S/C24H22N4O3/c1-31-21-12-5-4-11-19(21)20-14-22(28-27-20)26-24(30)15-25-23(29)13-17-9-6-8-16-7-2-3-10-18(16)17/h2-12,14H,13,15H2,1H3,(H,25,29)(H2,26,27,28,30). The highest BCUT2D eigenvalue weighted by molar-refractivity contribution is 5.95. The van der Waals surface area contributed by atoms with E-state index in [1.165, 1.54) is 0 Å². The summed E-state index contributed by atoms with van der Waals surface area (Å²) in [7, 11) is 1.60. The molecule has 0 saturated heterocycles. The molecule has 0 saturated carbocycles. The highest BCUT2D eigenvalue weighted by atomic mass is 16.5. The van der Waals surface area contributed by atoms with Crippen LogP contribution in [0.5, 0.6) is 5.75 Å². The fourth-order valence-electron chi connectivity index (χ4n) is 3.44. The van der Waals surface area contributed by atoms with Gasteiger partial charge in [0.2, 0.25) is 11.8 Å². The Balaban J connectivity index is 1.33. The summed E-state index contributed by atoms with van der Waals surface area (Å²) in [5.41, 5.74) is 2.47. The first-order valence-corrected chi connectivity index (χ1v) is 9.86. The van der Waals surface area contributed by atoms with E-state index in [1.807, 2.05) is 66.7 Å². The van der Waals surface area contributed by atoms with E-state index in [0.29, 0.717) is 17.3 Å². The molecule has 7 heteroatoms. The Bertz CT molecular complexity index is 1230. The van der Waals surface area contributed by atoms with Crippen LogP contribution < -0.4 is 15.4 Å². The lowest BCUT2D eigenvalue weighted by molar-refractivity contribution is -0.123. The van der Waals surface area contributed by atoms with Crippen molar-refractivity contribution in [3.05, 3.63) is 78.4 Å². The van der Waals surface area contributed by atoms with Gasteiger partial charge in [0.1, 0.15) is 5.75 Å². The van der Waals surface area contributed by atoms with Gasteiger partial charge in [0.25, 0.3) is 0 Å². The number of para-hydroxylation sites is 1. The number of benzene rings is 3. The molecule has 0 atom stereocenters. The van der Waals surface area contributed by atoms with Gasteiger partial charge in [-0.2, -0.15) is 5.10 Å². The average molecular weight is 414 g/mol. The van der Waals surface area contributed by atoms with Crippen LogP contribution in [0.3, 0.4) is 0 Å². The van der Waals surface area contributed by atoms with E-state index in [2.05, 4.69) is 20.8 Å². The molecule has 0 spiro atoms. The van der Waals surface area contributed by atoms with E-state index in [0.717, 1.165) is 21.9 Å². The normalized spacial score (nSPS) is 10.6. The first kappa shape index (κ1) is 20.2. The highest BCUT2D eigenvalue weighted by Gasteiger charge is 2.12. The van der Waals surface area contributed by atoms with Crippen molar-refractivity contribution in [3.8, 4) is 17.0 Å². The summed E-state index contributed by atoms with van der Waals surface area (Å²) in [4.78, 5) is 24.6. The molecule has 0 aliphatic carbocycles. The monoisotopic (exact) mass is 414 g/mol. The number of carbonyl (C=O) groups is 2. The van der Waals surface area contributed by atoms with E-state index >= 15 is 0 Å². The molecule has 4 aromatic rings. The Labute approximate surface area is 179 Å². The van der Waals surface area contributed by atoms with Gasteiger partial charge in [0.05, 0.1) is 25.8 Å². The summed E-state index contributed by atoms with van der Waals surface area (Å²) in [6.45, 7) is -0.138. The van der Waals surface area contributed by atoms with Crippen molar-refractivity contribution in [1.29, 1.82) is 0 Å². The number of ether oxygens (including phenoxy) is 1. The molecule has 156 valence electrons. The van der Waals surface area contributed by atoms with Crippen LogP contribution in [-0.4, -0.2) is 35.7 Å². The van der Waals surface area contributed by atoms with Gasteiger partial charge in [-0.25, -0.2) is 0 Å². The number of amides is 2. The first-order chi connectivity index (χ1) is 15.1. The SMILES string of the molecule is COc1ccccc1-c1cc(NC(=O)CNC(=O)Cc2cccc3ccccc23)n[nH]1. The second-order valence-electron chi connectivity index (χ2n) is 7.01. The van der Waals surface area contributed by atoms with Gasteiger partial charge < -0.3 is 15.4 Å². The molecule has 0 bridgehead atoms. The third-order valence-corrected chi connectivity index (χ3v) is 4.92. The van der Waals surface area contributed by atoms with Crippen molar-refractivity contribution in [3.63, 3.8) is 0 Å². The molecule has 7 nitrogen and oxygen atoms in total. The van der Waals surface area contributed by atoms with Crippen LogP contribution in [0, 0.1) is 0 Å². The summed E-state index contributed by atoms with van der Waals surface area (Å²) in [6, 6.07) is 23.0. The van der Waals surface area contributed by atoms with Gasteiger partial charge in [0.15, 0.2) is 5.82 Å². The van der Waals surface area contributed by atoms with E-state index in [1.54, 1.807) is 13.2 Å². The number of rotatable bonds is 7. The lowest BCUT2D eigenvalue weighted by atomic mass is 10.0. The predicted octanol–water partition coefficient (Wildman–Crippen LogP) is 3.54. The number of fused-ring (bicyclic) bond motifs is 1. The van der Waals surface area contributed by atoms with Crippen LogP contribution in [0.15, 0.2) is 72.8 Å². The number of carbonyl (C=O) groups excluding carboxylic acids is 2. The maximum atomic E-state index is 12.3. The third kappa shape index (κ3) is 4.72. The topological polar surface area (TPSA) is 96.1 Å². The molecule has 3 aromatic carbocycles. The Morgan fingerprint density at radius 1 is 0.968 bits per heavy atom. The maximum absolute atomic E-state index is 12.3. The van der Waals surface area contributed by atoms with Crippen molar-refractivity contribution < 1.29 is 14.3 Å². The Hall–Kier alpha value is -4.13. The van der Waals surface area contributed by atoms with E-state index < -0.39 is 0 Å². The molecule has 3 N–H and O–H groups in total. The minimum Gasteiger partial charge on any atom is -0.496 e. The number of methoxy groups -OCH3 is 1. The van der Waals surface area contributed by atoms with Crippen LogP contribution in [0.2, 0.25) is 0 Å². The van der Waals surface area contributed by atoms with E-state index in [4.69, 9.17) is 4.74 Å². The van der Waals surface area contributed by atoms with Crippen LogP contribution in [0.25, 0.3) is 22.0 Å². The number of hydrogen-bond donors (Lipinski definition) is 3. The van der Waals surface area contributed by atoms with Crippen molar-refractivity contribution in [2.75, 3.05) is 19.0 Å². The zero-order valence-corrected chi connectivity index (χ0v) is 17.0. The molecule has 0 fully saturated rings. The molecule has 0 aliphatic heterocycles. The highest BCUT2D eigenvalue weighted by Crippen LogP contribution is 2.29. The number of H-pyrrole nitrogens is 1. The Morgan fingerprint density at radius 3 is 2.61 bits per heavy atom. The van der Waals surface area contributed by atoms with Gasteiger partial charge in [-0.05, 0) is 28.5 Å². The molecule has 0 unspecified atom stereocenters. The quantitative estimate of drug-likeness (QED) is 0.431. The summed E-state index contributed by atoms with van der Waals surface area (Å²) in [6.07, 6.45) is 0.203. The average Bonchev–Trinajstić information content (AvgIpc) is 3.26. The molecule has 4 rings (SSSR count). The number of nitrogens with zero attached hydrogens (tertiary/aromatic N) is 1. The van der Waals surface area contributed by atoms with Gasteiger partial charge in [-0.3, -0.25) is 14.7 Å². The number of hydrogen-bond acceptors (Lipinski definition) is 4. The van der Waals surface area contributed by atoms with Crippen molar-refractivity contribution in [2.24, 2.45) is 0 Å². The largest absolute Gasteiger partial charge is 0.496 e. The fourth-order valence-corrected chi connectivity index (χ4v) is 3.44. The number of nitrogens with one attached hydrogen (secondary N) is 3. The molecule has 1 heterocycles. The molecule has 2 amide bonds. The Kier molecular flexibility index (Phi) is 5.93. The second-order valence-corrected chi connectivity index (χ2v) is 7.01. The lowest BCUT2D eigenvalue weighted by Gasteiger charge is -2.08. The minimum absolute atomic E-state index is 0.138. The zero-order chi connectivity index (χ0) is 21.6. The smallest absolute Gasteiger partial charge is 0.244 e. The van der Waals surface area contributed by atoms with Gasteiger partial charge in [-0.15, -0.1) is 0 Å². The van der Waals surface area contributed by atoms with Crippen molar-refractivity contribution in [2.45, 2.75) is 6.42 Å². The van der Waals surface area contributed by atoms with Crippen molar-refractivity contribution >= 4 is 28.4 Å². The van der Waals surface area contributed by atoms with E-state index in [-0.39, 0.29) is 24.8 Å². The van der Waals surface area contributed by atoms with Crippen LogP contribution in [-0.2, 0) is 16.0 Å². The maximum Gasteiger partial charge on any atom is 0.244 e. The van der Waals surface area contributed by atoms with Crippen LogP contribution in [0.1, 0.15) is 5.56 Å². The second kappa shape index (κ2) is 9.13. The summed E-state index contributed by atoms with van der Waals surface area (Å²) in [5, 5.41) is 14.5. The fraction of sp³-hybridized carbons (Fsp3) is 0.125. The molecular weight excluding hydrogens is 392 g/mol. The molecule has 0 radical (unpaired) electrons. The van der Waals surface area contributed by atoms with Gasteiger partial charge in [-0.1, -0.05) is 54.6 Å². The number of aromatic amines is 1. The number of aromatic nitrogens is 2. The van der Waals surface area contributed by atoms with Crippen LogP contribution in [0.4, 0.5) is 5.82 Å². The van der Waals surface area contributed by atoms with Gasteiger partial charge >= 0.3 is 0 Å². The summed E-state index contributed by atoms with van der Waals surface area (Å²) in [5.74, 6) is 0.492. The summed E-state index contributed by atoms with van der Waals surface area (Å²) < 4.78 is 5.35. The summed E-state index contributed by atoms with van der Waals surface area (Å²) >= 11 is 0. The minimum atomic E-state index is -0.357. The molecular formula is C24H22N4O3.